The molecule has 0 saturated heterocycles. The summed E-state index contributed by atoms with van der Waals surface area (Å²) in [4.78, 5) is 0. The standard InChI is InChI=1S/C13H23NO/c1-3-13(4-2)15-10-12-7-5-11(9-14)6-8-12/h3-4,11-12H,1,5-10,14H2,2H3/b13-4+. The molecule has 2 N–H and O–H groups in total. The Kier molecular flexibility index (Phi) is 5.48. The van der Waals surface area contributed by atoms with E-state index in [0.717, 1.165) is 24.8 Å². The number of allylic oxidation sites excluding steroid dienone is 2. The van der Waals surface area contributed by atoms with Crippen LogP contribution in [-0.4, -0.2) is 13.2 Å². The first-order valence-corrected chi connectivity index (χ1v) is 5.91. The first kappa shape index (κ1) is 12.3. The van der Waals surface area contributed by atoms with Gasteiger partial charge >= 0.3 is 0 Å². The van der Waals surface area contributed by atoms with Crippen LogP contribution in [0.5, 0.6) is 0 Å². The van der Waals surface area contributed by atoms with E-state index in [2.05, 4.69) is 6.58 Å². The van der Waals surface area contributed by atoms with Crippen molar-refractivity contribution < 1.29 is 4.74 Å². The molecule has 1 saturated carbocycles. The van der Waals surface area contributed by atoms with E-state index >= 15 is 0 Å². The zero-order chi connectivity index (χ0) is 11.1. The van der Waals surface area contributed by atoms with Gasteiger partial charge in [0.1, 0.15) is 5.76 Å². The van der Waals surface area contributed by atoms with Crippen LogP contribution in [0.15, 0.2) is 24.5 Å². The van der Waals surface area contributed by atoms with Crippen LogP contribution in [0.3, 0.4) is 0 Å². The van der Waals surface area contributed by atoms with Gasteiger partial charge in [-0.05, 0) is 63.1 Å². The molecule has 0 unspecified atom stereocenters. The lowest BCUT2D eigenvalue weighted by Crippen LogP contribution is -2.23. The monoisotopic (exact) mass is 209 g/mol. The molecular formula is C13H23NO. The van der Waals surface area contributed by atoms with Gasteiger partial charge in [0.05, 0.1) is 6.61 Å². The largest absolute Gasteiger partial charge is 0.494 e. The predicted octanol–water partition coefficient (Wildman–Crippen LogP) is 2.86. The molecular weight excluding hydrogens is 186 g/mol. The fourth-order valence-corrected chi connectivity index (χ4v) is 2.11. The van der Waals surface area contributed by atoms with E-state index in [1.807, 2.05) is 13.0 Å². The number of hydrogen-bond donors (Lipinski definition) is 1. The molecule has 1 aliphatic carbocycles. The van der Waals surface area contributed by atoms with E-state index in [-0.39, 0.29) is 0 Å². The van der Waals surface area contributed by atoms with Crippen molar-refractivity contribution in [1.29, 1.82) is 0 Å². The topological polar surface area (TPSA) is 35.2 Å². The summed E-state index contributed by atoms with van der Waals surface area (Å²) in [7, 11) is 0. The molecule has 0 spiro atoms. The second-order valence-corrected chi connectivity index (χ2v) is 4.33. The van der Waals surface area contributed by atoms with Crippen LogP contribution in [-0.2, 0) is 4.74 Å². The Morgan fingerprint density at radius 3 is 2.40 bits per heavy atom. The molecule has 0 aliphatic heterocycles. The minimum atomic E-state index is 0.711. The van der Waals surface area contributed by atoms with E-state index in [1.54, 1.807) is 6.08 Å². The second kappa shape index (κ2) is 6.67. The zero-order valence-corrected chi connectivity index (χ0v) is 9.74. The van der Waals surface area contributed by atoms with Crippen molar-refractivity contribution in [3.05, 3.63) is 24.5 Å². The average molecular weight is 209 g/mol. The summed E-state index contributed by atoms with van der Waals surface area (Å²) in [6.07, 6.45) is 8.78. The Balaban J connectivity index is 2.21. The zero-order valence-electron chi connectivity index (χ0n) is 9.74. The fourth-order valence-electron chi connectivity index (χ4n) is 2.11. The van der Waals surface area contributed by atoms with Crippen LogP contribution >= 0.6 is 0 Å². The molecule has 0 heterocycles. The number of nitrogens with two attached hydrogens (primary N) is 1. The first-order valence-electron chi connectivity index (χ1n) is 5.91. The van der Waals surface area contributed by atoms with E-state index in [4.69, 9.17) is 10.5 Å². The van der Waals surface area contributed by atoms with Gasteiger partial charge < -0.3 is 10.5 Å². The van der Waals surface area contributed by atoms with Crippen molar-refractivity contribution in [1.82, 2.24) is 0 Å². The average Bonchev–Trinajstić information content (AvgIpc) is 2.31. The SMILES string of the molecule is C=C/C(=C\C)OCC1CCC(CN)CC1. The van der Waals surface area contributed by atoms with Crippen LogP contribution < -0.4 is 5.73 Å². The second-order valence-electron chi connectivity index (χ2n) is 4.33. The Labute approximate surface area is 93.2 Å². The lowest BCUT2D eigenvalue weighted by atomic mass is 9.82. The Hall–Kier alpha value is -0.760. The third-order valence-corrected chi connectivity index (χ3v) is 3.27. The van der Waals surface area contributed by atoms with Crippen LogP contribution in [0.25, 0.3) is 0 Å². The molecule has 2 heteroatoms. The van der Waals surface area contributed by atoms with Crippen LogP contribution in [0.4, 0.5) is 0 Å². The van der Waals surface area contributed by atoms with Crippen LogP contribution in [0, 0.1) is 11.8 Å². The van der Waals surface area contributed by atoms with Gasteiger partial charge in [-0.3, -0.25) is 0 Å². The van der Waals surface area contributed by atoms with Crippen molar-refractivity contribution in [3.8, 4) is 0 Å². The summed E-state index contributed by atoms with van der Waals surface area (Å²) in [6.45, 7) is 7.37. The van der Waals surface area contributed by atoms with Gasteiger partial charge in [-0.25, -0.2) is 0 Å². The molecule has 0 amide bonds. The molecule has 0 atom stereocenters. The van der Waals surface area contributed by atoms with Gasteiger partial charge in [0.15, 0.2) is 0 Å². The Morgan fingerprint density at radius 1 is 1.33 bits per heavy atom. The maximum Gasteiger partial charge on any atom is 0.114 e. The highest BCUT2D eigenvalue weighted by atomic mass is 16.5. The van der Waals surface area contributed by atoms with Gasteiger partial charge in [0.2, 0.25) is 0 Å². The van der Waals surface area contributed by atoms with E-state index in [9.17, 15) is 0 Å². The molecule has 86 valence electrons. The minimum Gasteiger partial charge on any atom is -0.494 e. The summed E-state index contributed by atoms with van der Waals surface area (Å²) in [5.41, 5.74) is 5.66. The highest BCUT2D eigenvalue weighted by molar-refractivity contribution is 5.06. The Morgan fingerprint density at radius 2 is 1.93 bits per heavy atom. The lowest BCUT2D eigenvalue weighted by Gasteiger charge is -2.27. The quantitative estimate of drug-likeness (QED) is 0.558. The highest BCUT2D eigenvalue weighted by Crippen LogP contribution is 2.28. The molecule has 0 aromatic heterocycles. The first-order chi connectivity index (χ1) is 7.30. The third-order valence-electron chi connectivity index (χ3n) is 3.27. The summed E-state index contributed by atoms with van der Waals surface area (Å²) < 4.78 is 5.66. The van der Waals surface area contributed by atoms with Gasteiger partial charge in [0.25, 0.3) is 0 Å². The molecule has 0 aromatic rings. The maximum absolute atomic E-state index is 5.66. The summed E-state index contributed by atoms with van der Waals surface area (Å²) in [6, 6.07) is 0. The van der Waals surface area contributed by atoms with Gasteiger partial charge in [-0.2, -0.15) is 0 Å². The fraction of sp³-hybridized carbons (Fsp3) is 0.692. The van der Waals surface area contributed by atoms with Crippen LogP contribution in [0.1, 0.15) is 32.6 Å². The van der Waals surface area contributed by atoms with Crippen molar-refractivity contribution >= 4 is 0 Å². The number of ether oxygens (including phenoxy) is 1. The summed E-state index contributed by atoms with van der Waals surface area (Å²) in [5, 5.41) is 0. The molecule has 0 bridgehead atoms. The predicted molar refractivity (Wildman–Crippen MR) is 64.4 cm³/mol. The summed E-state index contributed by atoms with van der Waals surface area (Å²) >= 11 is 0. The maximum atomic E-state index is 5.66. The third kappa shape index (κ3) is 4.08. The lowest BCUT2D eigenvalue weighted by molar-refractivity contribution is 0.136. The van der Waals surface area contributed by atoms with Gasteiger partial charge in [-0.15, -0.1) is 0 Å². The minimum absolute atomic E-state index is 0.711. The van der Waals surface area contributed by atoms with Crippen molar-refractivity contribution in [2.75, 3.05) is 13.2 Å². The number of rotatable bonds is 5. The van der Waals surface area contributed by atoms with Crippen molar-refractivity contribution in [2.45, 2.75) is 32.6 Å². The van der Waals surface area contributed by atoms with E-state index in [1.165, 1.54) is 25.7 Å². The molecule has 0 aromatic carbocycles. The van der Waals surface area contributed by atoms with E-state index < -0.39 is 0 Å². The number of hydrogen-bond acceptors (Lipinski definition) is 2. The molecule has 2 nitrogen and oxygen atoms in total. The van der Waals surface area contributed by atoms with Crippen molar-refractivity contribution in [2.24, 2.45) is 17.6 Å². The van der Waals surface area contributed by atoms with E-state index in [0.29, 0.717) is 5.92 Å². The molecule has 0 radical (unpaired) electrons. The molecule has 1 rings (SSSR count). The van der Waals surface area contributed by atoms with Gasteiger partial charge in [0, 0.05) is 0 Å². The molecule has 1 fully saturated rings. The Bertz CT molecular complexity index is 215. The van der Waals surface area contributed by atoms with Gasteiger partial charge in [-0.1, -0.05) is 6.58 Å². The smallest absolute Gasteiger partial charge is 0.114 e. The summed E-state index contributed by atoms with van der Waals surface area (Å²) in [5.74, 6) is 2.36. The van der Waals surface area contributed by atoms with Crippen LogP contribution in [0.2, 0.25) is 0 Å². The highest BCUT2D eigenvalue weighted by Gasteiger charge is 2.20. The molecule has 15 heavy (non-hydrogen) atoms. The van der Waals surface area contributed by atoms with Crippen molar-refractivity contribution in [3.63, 3.8) is 0 Å². The molecule has 1 aliphatic rings. The normalized spacial score (nSPS) is 27.5.